The van der Waals surface area contributed by atoms with E-state index in [0.29, 0.717) is 27.5 Å². The van der Waals surface area contributed by atoms with Crippen LogP contribution in [0.25, 0.3) is 11.1 Å². The van der Waals surface area contributed by atoms with E-state index in [-0.39, 0.29) is 11.3 Å². The van der Waals surface area contributed by atoms with E-state index in [0.717, 1.165) is 22.4 Å². The van der Waals surface area contributed by atoms with Gasteiger partial charge in [0.05, 0.1) is 4.90 Å². The lowest BCUT2D eigenvalue weighted by Gasteiger charge is -2.18. The Morgan fingerprint density at radius 1 is 1.03 bits per heavy atom. The van der Waals surface area contributed by atoms with Crippen molar-refractivity contribution >= 4 is 50.4 Å². The number of anilines is 2. The highest BCUT2D eigenvalue weighted by Gasteiger charge is 2.28. The molecule has 1 unspecified atom stereocenters. The van der Waals surface area contributed by atoms with E-state index in [2.05, 4.69) is 18.8 Å². The third-order valence-electron chi connectivity index (χ3n) is 6.05. The number of thioether (sulfide) groups is 1. The van der Waals surface area contributed by atoms with Gasteiger partial charge in [-0.15, -0.1) is 11.8 Å². The minimum Gasteiger partial charge on any atom is -0.546 e. The van der Waals surface area contributed by atoms with Gasteiger partial charge >= 0.3 is 5.97 Å². The summed E-state index contributed by atoms with van der Waals surface area (Å²) in [6.45, 7) is 5.28. The van der Waals surface area contributed by atoms with Crippen molar-refractivity contribution in [2.45, 2.75) is 43.2 Å². The van der Waals surface area contributed by atoms with Crippen LogP contribution in [0.5, 0.6) is 0 Å². The van der Waals surface area contributed by atoms with Crippen LogP contribution >= 0.6 is 22.9 Å². The van der Waals surface area contributed by atoms with Crippen molar-refractivity contribution in [3.8, 4) is 11.1 Å². The molecule has 3 aromatic carbocycles. The first-order valence-corrected chi connectivity index (χ1v) is 15.7. The third-order valence-corrected chi connectivity index (χ3v) is 9.29. The van der Waals surface area contributed by atoms with Gasteiger partial charge in [0.1, 0.15) is 6.04 Å². The number of hydrogen-bond acceptors (Lipinski definition) is 8. The second-order valence-electron chi connectivity index (χ2n) is 9.12. The maximum Gasteiger partial charge on any atom is 0.322 e. The van der Waals surface area contributed by atoms with Crippen molar-refractivity contribution in [1.29, 1.82) is 0 Å². The molecule has 39 heavy (non-hydrogen) atoms. The van der Waals surface area contributed by atoms with Gasteiger partial charge in [-0.2, -0.15) is 4.72 Å². The zero-order valence-electron chi connectivity index (χ0n) is 21.8. The summed E-state index contributed by atoms with van der Waals surface area (Å²) in [6.07, 6.45) is 1.81. The van der Waals surface area contributed by atoms with Gasteiger partial charge in [-0.25, -0.2) is 8.42 Å². The molecule has 1 aromatic heterocycles. The van der Waals surface area contributed by atoms with Crippen LogP contribution < -0.4 is 10.0 Å². The molecule has 2 atom stereocenters. The average Bonchev–Trinajstić information content (AvgIpc) is 3.22. The van der Waals surface area contributed by atoms with Gasteiger partial charge in [-0.3, -0.25) is 4.79 Å². The van der Waals surface area contributed by atoms with Crippen molar-refractivity contribution in [3.63, 3.8) is 0 Å². The topological polar surface area (TPSA) is 144 Å². The van der Waals surface area contributed by atoms with Gasteiger partial charge in [0.15, 0.2) is 11.1 Å². The summed E-state index contributed by atoms with van der Waals surface area (Å²) in [7, 11) is -4.05. The number of carboxylic acid groups (broad SMARTS) is 1. The molecule has 0 saturated carbocycles. The Morgan fingerprint density at radius 2 is 1.69 bits per heavy atom. The molecule has 204 valence electrons. The molecule has 0 saturated heterocycles. The molecular formula is C27H28N4O5S3. The molecule has 1 heterocycles. The normalized spacial score (nSPS) is 12.8. The quantitative estimate of drug-likeness (QED) is 0.168. The summed E-state index contributed by atoms with van der Waals surface area (Å²) in [4.78, 5) is 12.1. The molecule has 12 heteroatoms. The van der Waals surface area contributed by atoms with Gasteiger partial charge in [0.2, 0.25) is 20.9 Å². The minimum absolute atomic E-state index is 0.0197. The lowest BCUT2D eigenvalue weighted by Crippen LogP contribution is -2.42. The van der Waals surface area contributed by atoms with Crippen molar-refractivity contribution in [2.24, 2.45) is 0 Å². The molecule has 4 aromatic rings. The molecule has 0 fully saturated rings. The first kappa shape index (κ1) is 28.7. The van der Waals surface area contributed by atoms with Gasteiger partial charge in [0, 0.05) is 10.1 Å². The summed E-state index contributed by atoms with van der Waals surface area (Å²) in [5.74, 6) is -0.806. The SMILES string of the molecule is CSc1n[s+]([O-])nc1Nc1cccc(-c2ccc(C[C@H](NS(=O)(=O)c3c(C)cc(C)cc3C)C(=O)O)cc2)c1. The van der Waals surface area contributed by atoms with E-state index < -0.39 is 33.2 Å². The summed E-state index contributed by atoms with van der Waals surface area (Å²) >= 11 is -0.267. The maximum absolute atomic E-state index is 13.1. The van der Waals surface area contributed by atoms with Gasteiger partial charge in [-0.05, 0) is 77.8 Å². The van der Waals surface area contributed by atoms with Crippen LogP contribution in [0.15, 0.2) is 70.6 Å². The summed E-state index contributed by atoms with van der Waals surface area (Å²) in [6, 6.07) is 17.0. The standard InChI is InChI=1S/C27H28N4O5S3/c1-16-12-17(2)24(18(3)13-16)39(35,36)31-23(27(32)33)14-19-8-10-20(11-9-19)21-6-5-7-22(15-21)28-25-26(37-4)30-38(34)29-25/h5-13,15,23,31H,14H2,1-4H3,(H,28,29)(H,32,33)/t23-,38?/m0/s1. The first-order valence-electron chi connectivity index (χ1n) is 11.9. The maximum atomic E-state index is 13.1. The van der Waals surface area contributed by atoms with Crippen LogP contribution in [-0.4, -0.2) is 45.1 Å². The predicted molar refractivity (Wildman–Crippen MR) is 154 cm³/mol. The number of nitrogens with zero attached hydrogens (tertiary/aromatic N) is 2. The molecule has 3 N–H and O–H groups in total. The van der Waals surface area contributed by atoms with Crippen LogP contribution in [0.4, 0.5) is 11.5 Å². The highest BCUT2D eigenvalue weighted by atomic mass is 32.2. The number of carboxylic acids is 1. The zero-order valence-corrected chi connectivity index (χ0v) is 24.2. The molecule has 0 amide bonds. The Kier molecular flexibility index (Phi) is 8.72. The van der Waals surface area contributed by atoms with Crippen molar-refractivity contribution in [1.82, 2.24) is 13.5 Å². The van der Waals surface area contributed by atoms with Crippen molar-refractivity contribution < 1.29 is 22.9 Å². The van der Waals surface area contributed by atoms with Crippen LogP contribution in [0.2, 0.25) is 0 Å². The Bertz CT molecular complexity index is 1600. The molecule has 0 aliphatic carbocycles. The molecule has 4 rings (SSSR count). The second-order valence-corrected chi connectivity index (χ2v) is 12.4. The molecule has 0 bridgehead atoms. The number of nitrogens with one attached hydrogen (secondary N) is 2. The number of aliphatic carboxylic acids is 1. The van der Waals surface area contributed by atoms with E-state index in [1.54, 1.807) is 38.1 Å². The Balaban J connectivity index is 1.51. The van der Waals surface area contributed by atoms with Gasteiger partial charge in [0.25, 0.3) is 0 Å². The highest BCUT2D eigenvalue weighted by Crippen LogP contribution is 2.30. The van der Waals surface area contributed by atoms with Crippen LogP contribution in [0.1, 0.15) is 22.3 Å². The molecule has 0 aliphatic heterocycles. The zero-order chi connectivity index (χ0) is 28.3. The second kappa shape index (κ2) is 11.8. The number of rotatable bonds is 10. The number of benzene rings is 3. The largest absolute Gasteiger partial charge is 0.546 e. The first-order chi connectivity index (χ1) is 18.5. The molecule has 0 spiro atoms. The summed E-state index contributed by atoms with van der Waals surface area (Å²) < 4.78 is 48.3. The monoisotopic (exact) mass is 584 g/mol. The van der Waals surface area contributed by atoms with Crippen molar-refractivity contribution in [2.75, 3.05) is 11.6 Å². The Hall–Kier alpha value is -3.29. The van der Waals surface area contributed by atoms with E-state index in [1.165, 1.54) is 11.8 Å². The third kappa shape index (κ3) is 6.84. The Labute approximate surface area is 234 Å². The fourth-order valence-electron chi connectivity index (χ4n) is 4.46. The Morgan fingerprint density at radius 3 is 2.31 bits per heavy atom. The average molecular weight is 585 g/mol. The van der Waals surface area contributed by atoms with Crippen LogP contribution in [-0.2, 0) is 21.2 Å². The molecule has 0 aliphatic rings. The molecule has 0 radical (unpaired) electrons. The lowest BCUT2D eigenvalue weighted by molar-refractivity contribution is -0.138. The van der Waals surface area contributed by atoms with Gasteiger partial charge in [-0.1, -0.05) is 54.1 Å². The highest BCUT2D eigenvalue weighted by molar-refractivity contribution is 7.98. The van der Waals surface area contributed by atoms with Crippen LogP contribution in [0.3, 0.4) is 0 Å². The van der Waals surface area contributed by atoms with Gasteiger partial charge < -0.3 is 15.0 Å². The van der Waals surface area contributed by atoms with E-state index in [1.807, 2.05) is 49.6 Å². The van der Waals surface area contributed by atoms with Crippen LogP contribution in [0, 0.1) is 20.8 Å². The number of carbonyl (C=O) groups is 1. The number of aromatic nitrogens is 2. The number of sulfonamides is 1. The molecule has 9 nitrogen and oxygen atoms in total. The minimum atomic E-state index is -4.05. The summed E-state index contributed by atoms with van der Waals surface area (Å²) in [5.41, 5.74) is 5.27. The number of aryl methyl sites for hydroxylation is 3. The molecular weight excluding hydrogens is 557 g/mol. The smallest absolute Gasteiger partial charge is 0.322 e. The van der Waals surface area contributed by atoms with Crippen molar-refractivity contribution in [3.05, 3.63) is 82.9 Å². The number of hydrogen-bond donors (Lipinski definition) is 3. The lowest BCUT2D eigenvalue weighted by atomic mass is 10.0. The predicted octanol–water partition coefficient (Wildman–Crippen LogP) is 5.24. The van der Waals surface area contributed by atoms with E-state index in [9.17, 15) is 22.9 Å². The fourth-order valence-corrected chi connectivity index (χ4v) is 7.50. The fraction of sp³-hybridized carbons (Fsp3) is 0.222. The van der Waals surface area contributed by atoms with E-state index >= 15 is 0 Å². The summed E-state index contributed by atoms with van der Waals surface area (Å²) in [5, 5.41) is 13.5. The van der Waals surface area contributed by atoms with E-state index in [4.69, 9.17) is 0 Å².